The Morgan fingerprint density at radius 3 is 2.38 bits per heavy atom. The Bertz CT molecular complexity index is 1030. The maximum absolute atomic E-state index is 6.26. The van der Waals surface area contributed by atoms with Crippen LogP contribution in [-0.4, -0.2) is 0 Å². The standard InChI is InChI=1S/C21H13Cl2S/c1-13-6-8-14(9-7-13)21-20(15-10-11-17(22)18(23)12-15)16-4-2-3-5-19(16)24-21/h2-3,5-12H,1H3. The van der Waals surface area contributed by atoms with E-state index in [1.165, 1.54) is 20.7 Å². The van der Waals surface area contributed by atoms with Crippen molar-refractivity contribution in [2.45, 2.75) is 6.92 Å². The third kappa shape index (κ3) is 2.73. The zero-order chi connectivity index (χ0) is 16.7. The first kappa shape index (κ1) is 15.7. The molecule has 0 aliphatic carbocycles. The molecule has 0 saturated heterocycles. The molecule has 0 atom stereocenters. The number of halogens is 2. The van der Waals surface area contributed by atoms with Gasteiger partial charge in [-0.15, -0.1) is 11.3 Å². The number of fused-ring (bicyclic) bond motifs is 1. The Hall–Kier alpha value is -1.80. The number of benzene rings is 3. The highest BCUT2D eigenvalue weighted by Crippen LogP contribution is 2.45. The quantitative estimate of drug-likeness (QED) is 0.341. The van der Waals surface area contributed by atoms with Gasteiger partial charge in [0.2, 0.25) is 0 Å². The van der Waals surface area contributed by atoms with Crippen molar-refractivity contribution in [2.24, 2.45) is 0 Å². The fraction of sp³-hybridized carbons (Fsp3) is 0.0476. The molecular formula is C21H13Cl2S. The normalized spacial score (nSPS) is 11.1. The molecule has 3 heteroatoms. The van der Waals surface area contributed by atoms with E-state index >= 15 is 0 Å². The highest BCUT2D eigenvalue weighted by Gasteiger charge is 2.16. The fourth-order valence-electron chi connectivity index (χ4n) is 2.81. The molecule has 0 bridgehead atoms. The van der Waals surface area contributed by atoms with Crippen LogP contribution < -0.4 is 0 Å². The summed E-state index contributed by atoms with van der Waals surface area (Å²) in [7, 11) is 0. The van der Waals surface area contributed by atoms with Crippen molar-refractivity contribution in [2.75, 3.05) is 0 Å². The smallest absolute Gasteiger partial charge is 0.0598 e. The van der Waals surface area contributed by atoms with Crippen LogP contribution in [0.2, 0.25) is 10.0 Å². The summed E-state index contributed by atoms with van der Waals surface area (Å²) in [6, 6.07) is 23.9. The minimum atomic E-state index is 0.569. The second-order valence-corrected chi connectivity index (χ2v) is 7.58. The Morgan fingerprint density at radius 1 is 0.875 bits per heavy atom. The predicted molar refractivity (Wildman–Crippen MR) is 106 cm³/mol. The Labute approximate surface area is 155 Å². The van der Waals surface area contributed by atoms with Gasteiger partial charge in [0.05, 0.1) is 10.0 Å². The first-order chi connectivity index (χ1) is 11.6. The van der Waals surface area contributed by atoms with Gasteiger partial charge < -0.3 is 0 Å². The van der Waals surface area contributed by atoms with Crippen molar-refractivity contribution >= 4 is 44.6 Å². The van der Waals surface area contributed by atoms with Gasteiger partial charge in [0.25, 0.3) is 0 Å². The van der Waals surface area contributed by atoms with Crippen molar-refractivity contribution in [1.29, 1.82) is 0 Å². The first-order valence-electron chi connectivity index (χ1n) is 7.59. The van der Waals surface area contributed by atoms with Crippen LogP contribution in [0.1, 0.15) is 5.56 Å². The van der Waals surface area contributed by atoms with Crippen molar-refractivity contribution in [3.63, 3.8) is 0 Å². The van der Waals surface area contributed by atoms with Crippen molar-refractivity contribution < 1.29 is 0 Å². The van der Waals surface area contributed by atoms with E-state index in [-0.39, 0.29) is 0 Å². The van der Waals surface area contributed by atoms with E-state index in [1.54, 1.807) is 11.3 Å². The number of aryl methyl sites for hydroxylation is 1. The largest absolute Gasteiger partial charge is 0.135 e. The van der Waals surface area contributed by atoms with Crippen LogP contribution in [0.3, 0.4) is 0 Å². The Morgan fingerprint density at radius 2 is 1.62 bits per heavy atom. The zero-order valence-electron chi connectivity index (χ0n) is 12.9. The first-order valence-corrected chi connectivity index (χ1v) is 9.16. The molecule has 1 heterocycles. The van der Waals surface area contributed by atoms with Crippen LogP contribution in [0.4, 0.5) is 0 Å². The number of rotatable bonds is 2. The number of hydrogen-bond donors (Lipinski definition) is 0. The predicted octanol–water partition coefficient (Wildman–Crippen LogP) is 7.65. The van der Waals surface area contributed by atoms with E-state index < -0.39 is 0 Å². The molecule has 24 heavy (non-hydrogen) atoms. The third-order valence-electron chi connectivity index (χ3n) is 4.03. The summed E-state index contributed by atoms with van der Waals surface area (Å²) < 4.78 is 1.22. The summed E-state index contributed by atoms with van der Waals surface area (Å²) in [6.45, 7) is 2.10. The summed E-state index contributed by atoms with van der Waals surface area (Å²) in [4.78, 5) is 1.23. The molecule has 0 aliphatic heterocycles. The highest BCUT2D eigenvalue weighted by atomic mass is 35.5. The minimum absolute atomic E-state index is 0.569. The highest BCUT2D eigenvalue weighted by molar-refractivity contribution is 7.23. The molecule has 0 unspecified atom stereocenters. The van der Waals surface area contributed by atoms with Crippen LogP contribution in [0.15, 0.2) is 60.7 Å². The summed E-state index contributed by atoms with van der Waals surface area (Å²) >= 11 is 14.1. The van der Waals surface area contributed by atoms with Crippen molar-refractivity contribution in [3.8, 4) is 21.6 Å². The molecule has 3 aromatic carbocycles. The molecule has 0 saturated carbocycles. The molecule has 1 radical (unpaired) electrons. The molecule has 4 aromatic rings. The molecule has 0 nitrogen and oxygen atoms in total. The molecule has 0 N–H and O–H groups in total. The van der Waals surface area contributed by atoms with Crippen LogP contribution in [0.25, 0.3) is 31.7 Å². The molecule has 0 fully saturated rings. The summed E-state index contributed by atoms with van der Waals surface area (Å²) in [5, 5.41) is 2.26. The third-order valence-corrected chi connectivity index (χ3v) is 5.97. The maximum Gasteiger partial charge on any atom is 0.0598 e. The zero-order valence-corrected chi connectivity index (χ0v) is 15.3. The lowest BCUT2D eigenvalue weighted by Crippen LogP contribution is -1.82. The second-order valence-electron chi connectivity index (χ2n) is 5.71. The minimum Gasteiger partial charge on any atom is -0.135 e. The molecular weight excluding hydrogens is 355 g/mol. The lowest BCUT2D eigenvalue weighted by atomic mass is 9.98. The van der Waals surface area contributed by atoms with E-state index in [0.29, 0.717) is 10.0 Å². The molecule has 0 amide bonds. The van der Waals surface area contributed by atoms with Gasteiger partial charge in [-0.05, 0) is 42.3 Å². The molecule has 117 valence electrons. The van der Waals surface area contributed by atoms with Gasteiger partial charge in [-0.2, -0.15) is 0 Å². The average Bonchev–Trinajstić information content (AvgIpc) is 2.97. The molecule has 1 aromatic heterocycles. The van der Waals surface area contributed by atoms with Crippen molar-refractivity contribution in [1.82, 2.24) is 0 Å². The number of hydrogen-bond acceptors (Lipinski definition) is 1. The molecule has 0 aliphatic rings. The summed E-state index contributed by atoms with van der Waals surface area (Å²) in [5.74, 6) is 0. The summed E-state index contributed by atoms with van der Waals surface area (Å²) in [6.07, 6.45) is 0. The van der Waals surface area contributed by atoms with E-state index in [0.717, 1.165) is 16.5 Å². The van der Waals surface area contributed by atoms with Gasteiger partial charge in [-0.1, -0.05) is 71.2 Å². The van der Waals surface area contributed by atoms with Gasteiger partial charge in [-0.3, -0.25) is 0 Å². The lowest BCUT2D eigenvalue weighted by molar-refractivity contribution is 1.48. The van der Waals surface area contributed by atoms with E-state index in [4.69, 9.17) is 23.2 Å². The topological polar surface area (TPSA) is 0 Å². The summed E-state index contributed by atoms with van der Waals surface area (Å²) in [5.41, 5.74) is 4.69. The Kier molecular flexibility index (Phi) is 4.09. The lowest BCUT2D eigenvalue weighted by Gasteiger charge is -2.07. The van der Waals surface area contributed by atoms with Gasteiger partial charge in [0.15, 0.2) is 0 Å². The van der Waals surface area contributed by atoms with Crippen LogP contribution in [0, 0.1) is 13.0 Å². The van der Waals surface area contributed by atoms with Crippen LogP contribution in [0.5, 0.6) is 0 Å². The monoisotopic (exact) mass is 367 g/mol. The number of thiophene rings is 1. The van der Waals surface area contributed by atoms with Crippen molar-refractivity contribution in [3.05, 3.63) is 82.3 Å². The molecule has 4 rings (SSSR count). The van der Waals surface area contributed by atoms with E-state index in [1.807, 2.05) is 30.3 Å². The second kappa shape index (κ2) is 6.25. The van der Waals surface area contributed by atoms with Gasteiger partial charge in [0.1, 0.15) is 0 Å². The van der Waals surface area contributed by atoms with E-state index in [9.17, 15) is 0 Å². The molecule has 0 spiro atoms. The Balaban J connectivity index is 2.03. The fourth-order valence-corrected chi connectivity index (χ4v) is 4.32. The van der Waals surface area contributed by atoms with E-state index in [2.05, 4.69) is 43.3 Å². The van der Waals surface area contributed by atoms with Gasteiger partial charge in [-0.25, -0.2) is 0 Å². The van der Waals surface area contributed by atoms with Gasteiger partial charge >= 0.3 is 0 Å². The van der Waals surface area contributed by atoms with Crippen LogP contribution >= 0.6 is 34.5 Å². The average molecular weight is 368 g/mol. The SMILES string of the molecule is Cc1ccc(-c2sc3ccc[c]c3c2-c2ccc(Cl)c(Cl)c2)cc1. The maximum atomic E-state index is 6.26. The van der Waals surface area contributed by atoms with Gasteiger partial charge in [0, 0.05) is 20.5 Å². The van der Waals surface area contributed by atoms with Crippen LogP contribution in [-0.2, 0) is 0 Å².